The average molecular weight is 273 g/mol. The maximum Gasteiger partial charge on any atom is 0.259 e. The van der Waals surface area contributed by atoms with Crippen molar-refractivity contribution in [3.05, 3.63) is 0 Å². The molecule has 0 heterocycles. The molecule has 1 atom stereocenters. The second kappa shape index (κ2) is 10.6. The molecular formula is C15H31NOS. The lowest BCUT2D eigenvalue weighted by molar-refractivity contribution is 0.149. The van der Waals surface area contributed by atoms with Crippen LogP contribution in [0.4, 0.5) is 0 Å². The van der Waals surface area contributed by atoms with Crippen molar-refractivity contribution in [1.82, 2.24) is 4.90 Å². The van der Waals surface area contributed by atoms with Crippen LogP contribution in [0.1, 0.15) is 66.7 Å². The van der Waals surface area contributed by atoms with Crippen LogP contribution in [0.5, 0.6) is 0 Å². The monoisotopic (exact) mass is 273 g/mol. The third kappa shape index (κ3) is 8.73. The number of hydrogen-bond acceptors (Lipinski definition) is 2. The fraction of sp³-hybridized carbons (Fsp3) is 0.933. The molecule has 0 aliphatic heterocycles. The van der Waals surface area contributed by atoms with Gasteiger partial charge < -0.3 is 9.64 Å². The van der Waals surface area contributed by atoms with E-state index in [0.29, 0.717) is 11.1 Å². The molecule has 0 aromatic rings. The molecule has 0 saturated heterocycles. The highest BCUT2D eigenvalue weighted by atomic mass is 32.1. The fourth-order valence-corrected chi connectivity index (χ4v) is 2.30. The molecule has 0 N–H and O–H groups in total. The van der Waals surface area contributed by atoms with Crippen molar-refractivity contribution in [1.29, 1.82) is 0 Å². The van der Waals surface area contributed by atoms with Crippen molar-refractivity contribution < 1.29 is 4.74 Å². The Morgan fingerprint density at radius 3 is 1.94 bits per heavy atom. The second-order valence-corrected chi connectivity index (χ2v) is 5.87. The normalized spacial score (nSPS) is 12.6. The molecule has 1 unspecified atom stereocenters. The third-order valence-corrected chi connectivity index (χ3v) is 3.28. The van der Waals surface area contributed by atoms with Gasteiger partial charge in [-0.3, -0.25) is 0 Å². The Hall–Kier alpha value is -0.310. The Morgan fingerprint density at radius 1 is 1.06 bits per heavy atom. The molecule has 0 bridgehead atoms. The molecule has 0 spiro atoms. The van der Waals surface area contributed by atoms with Crippen LogP contribution in [0.15, 0.2) is 0 Å². The number of nitrogens with zero attached hydrogens (tertiary/aromatic N) is 1. The fourth-order valence-electron chi connectivity index (χ4n) is 1.95. The van der Waals surface area contributed by atoms with E-state index in [0.717, 1.165) is 19.5 Å². The Bertz CT molecular complexity index is 211. The van der Waals surface area contributed by atoms with Crippen LogP contribution >= 0.6 is 12.2 Å². The topological polar surface area (TPSA) is 12.5 Å². The smallest absolute Gasteiger partial charge is 0.259 e. The van der Waals surface area contributed by atoms with Gasteiger partial charge in [0.2, 0.25) is 0 Å². The summed E-state index contributed by atoms with van der Waals surface area (Å²) in [7, 11) is 0. The lowest BCUT2D eigenvalue weighted by atomic mass is 10.1. The molecule has 0 rings (SSSR count). The van der Waals surface area contributed by atoms with Gasteiger partial charge in [-0.2, -0.15) is 0 Å². The van der Waals surface area contributed by atoms with Crippen LogP contribution in [0.3, 0.4) is 0 Å². The van der Waals surface area contributed by atoms with E-state index < -0.39 is 0 Å². The number of rotatable bonds is 9. The van der Waals surface area contributed by atoms with Crippen molar-refractivity contribution in [2.75, 3.05) is 13.1 Å². The number of hydrogen-bond donors (Lipinski definition) is 0. The summed E-state index contributed by atoms with van der Waals surface area (Å²) in [5.74, 6) is 0.655. The zero-order valence-corrected chi connectivity index (χ0v) is 13.7. The van der Waals surface area contributed by atoms with Crippen molar-refractivity contribution in [2.45, 2.75) is 72.8 Å². The van der Waals surface area contributed by atoms with Crippen molar-refractivity contribution in [2.24, 2.45) is 5.92 Å². The largest absolute Gasteiger partial charge is 0.468 e. The van der Waals surface area contributed by atoms with Crippen molar-refractivity contribution >= 4 is 17.4 Å². The second-order valence-electron chi connectivity index (χ2n) is 5.52. The molecule has 0 amide bonds. The van der Waals surface area contributed by atoms with E-state index in [9.17, 15) is 0 Å². The highest BCUT2D eigenvalue weighted by Gasteiger charge is 2.14. The van der Waals surface area contributed by atoms with Gasteiger partial charge in [0.05, 0.1) is 6.10 Å². The summed E-state index contributed by atoms with van der Waals surface area (Å²) in [5, 5.41) is 0.699. The Kier molecular flexibility index (Phi) is 10.4. The first-order valence-electron chi connectivity index (χ1n) is 7.46. The molecule has 2 nitrogen and oxygen atoms in total. The predicted octanol–water partition coefficient (Wildman–Crippen LogP) is 4.62. The summed E-state index contributed by atoms with van der Waals surface area (Å²) in [6, 6.07) is 0. The zero-order chi connectivity index (χ0) is 14.0. The summed E-state index contributed by atoms with van der Waals surface area (Å²) in [6.45, 7) is 13.0. The van der Waals surface area contributed by atoms with Gasteiger partial charge in [-0.25, -0.2) is 0 Å². The quantitative estimate of drug-likeness (QED) is 0.569. The van der Waals surface area contributed by atoms with E-state index in [1.54, 1.807) is 0 Å². The Labute approximate surface area is 119 Å². The van der Waals surface area contributed by atoms with Gasteiger partial charge >= 0.3 is 0 Å². The van der Waals surface area contributed by atoms with E-state index in [2.05, 4.69) is 39.5 Å². The zero-order valence-electron chi connectivity index (χ0n) is 12.9. The summed E-state index contributed by atoms with van der Waals surface area (Å²) < 4.78 is 5.87. The molecule has 3 heteroatoms. The highest BCUT2D eigenvalue weighted by Crippen LogP contribution is 2.10. The molecule has 0 aliphatic rings. The molecule has 0 fully saturated rings. The van der Waals surface area contributed by atoms with Crippen molar-refractivity contribution in [3.8, 4) is 0 Å². The number of unbranched alkanes of at least 4 members (excludes halogenated alkanes) is 2. The first-order chi connectivity index (χ1) is 8.51. The Balaban J connectivity index is 4.17. The minimum absolute atomic E-state index is 0.225. The van der Waals surface area contributed by atoms with Gasteiger partial charge in [0, 0.05) is 13.1 Å². The molecule has 0 aromatic carbocycles. The molecule has 18 heavy (non-hydrogen) atoms. The molecule has 0 aliphatic carbocycles. The summed E-state index contributed by atoms with van der Waals surface area (Å²) in [6.07, 6.45) is 6.07. The maximum atomic E-state index is 5.87. The molecule has 0 saturated carbocycles. The van der Waals surface area contributed by atoms with E-state index in [1.165, 1.54) is 25.7 Å². The third-order valence-electron chi connectivity index (χ3n) is 2.93. The molecule has 0 aromatic heterocycles. The summed E-state index contributed by atoms with van der Waals surface area (Å²) in [4.78, 5) is 2.24. The number of thiocarbonyl (C=S) groups is 1. The van der Waals surface area contributed by atoms with Gasteiger partial charge in [0.25, 0.3) is 5.17 Å². The van der Waals surface area contributed by atoms with Crippen LogP contribution in [-0.4, -0.2) is 29.3 Å². The van der Waals surface area contributed by atoms with E-state index >= 15 is 0 Å². The molecule has 0 radical (unpaired) electrons. The minimum atomic E-state index is 0.225. The summed E-state index contributed by atoms with van der Waals surface area (Å²) in [5.41, 5.74) is 0. The summed E-state index contributed by atoms with van der Waals surface area (Å²) >= 11 is 5.43. The van der Waals surface area contributed by atoms with Gasteiger partial charge in [0.15, 0.2) is 0 Å². The van der Waals surface area contributed by atoms with Gasteiger partial charge in [-0.05, 0) is 44.3 Å². The minimum Gasteiger partial charge on any atom is -0.468 e. The first kappa shape index (κ1) is 17.7. The lowest BCUT2D eigenvalue weighted by Crippen LogP contribution is -2.35. The highest BCUT2D eigenvalue weighted by molar-refractivity contribution is 7.80. The number of ether oxygens (including phenoxy) is 1. The van der Waals surface area contributed by atoms with Crippen molar-refractivity contribution in [3.63, 3.8) is 0 Å². The predicted molar refractivity (Wildman–Crippen MR) is 84.0 cm³/mol. The van der Waals surface area contributed by atoms with Crippen LogP contribution in [-0.2, 0) is 4.74 Å². The van der Waals surface area contributed by atoms with Crippen LogP contribution in [0.25, 0.3) is 0 Å². The Morgan fingerprint density at radius 2 is 1.56 bits per heavy atom. The SMILES string of the molecule is CCCCN(CCCC)C(=S)OC(C)CC(C)C. The average Bonchev–Trinajstić information content (AvgIpc) is 2.27. The van der Waals surface area contributed by atoms with Crippen LogP contribution < -0.4 is 0 Å². The molecular weight excluding hydrogens is 242 g/mol. The standard InChI is InChI=1S/C15H31NOS/c1-6-8-10-16(11-9-7-2)15(18)17-14(5)12-13(3)4/h13-14H,6-12H2,1-5H3. The van der Waals surface area contributed by atoms with E-state index in [1.807, 2.05) is 0 Å². The first-order valence-corrected chi connectivity index (χ1v) is 7.87. The van der Waals surface area contributed by atoms with Gasteiger partial charge in [0.1, 0.15) is 0 Å². The van der Waals surface area contributed by atoms with Gasteiger partial charge in [-0.1, -0.05) is 40.5 Å². The van der Waals surface area contributed by atoms with E-state index in [-0.39, 0.29) is 6.10 Å². The van der Waals surface area contributed by atoms with Crippen LogP contribution in [0.2, 0.25) is 0 Å². The van der Waals surface area contributed by atoms with Gasteiger partial charge in [-0.15, -0.1) is 0 Å². The lowest BCUT2D eigenvalue weighted by Gasteiger charge is -2.27. The maximum absolute atomic E-state index is 5.87. The van der Waals surface area contributed by atoms with Crippen LogP contribution in [0, 0.1) is 5.92 Å². The molecule has 108 valence electrons. The van der Waals surface area contributed by atoms with E-state index in [4.69, 9.17) is 17.0 Å².